The van der Waals surface area contributed by atoms with Gasteiger partial charge in [-0.1, -0.05) is 120 Å². The Labute approximate surface area is 294 Å². The second-order valence-corrected chi connectivity index (χ2v) is 15.8. The van der Waals surface area contributed by atoms with E-state index in [9.17, 15) is 0 Å². The molecular formula is C45H45N3S. The molecule has 1 N–H and O–H groups in total. The molecule has 0 aliphatic carbocycles. The number of rotatable bonds is 6. The van der Waals surface area contributed by atoms with Crippen LogP contribution in [0.5, 0.6) is 0 Å². The number of nitrogens with zero attached hydrogens (tertiary/aromatic N) is 2. The largest absolute Gasteiger partial charge is 0.359 e. The van der Waals surface area contributed by atoms with Gasteiger partial charge in [-0.2, -0.15) is 0 Å². The lowest BCUT2D eigenvalue weighted by molar-refractivity contribution is 0.768. The number of anilines is 3. The van der Waals surface area contributed by atoms with Gasteiger partial charge in [0, 0.05) is 32.0 Å². The maximum Gasteiger partial charge on any atom is 0.132 e. The third kappa shape index (κ3) is 5.11. The predicted octanol–water partition coefficient (Wildman–Crippen LogP) is 13.5. The number of nitrogens with one attached hydrogen (secondary N) is 1. The fourth-order valence-electron chi connectivity index (χ4n) is 7.90. The average molecular weight is 660 g/mol. The zero-order valence-electron chi connectivity index (χ0n) is 29.8. The van der Waals surface area contributed by atoms with Crippen molar-refractivity contribution in [1.82, 2.24) is 4.98 Å². The van der Waals surface area contributed by atoms with Gasteiger partial charge in [0.15, 0.2) is 0 Å². The van der Waals surface area contributed by atoms with Gasteiger partial charge in [-0.05, 0) is 83.0 Å². The maximum atomic E-state index is 5.31. The molecule has 0 saturated carbocycles. The van der Waals surface area contributed by atoms with Gasteiger partial charge in [0.05, 0.1) is 22.8 Å². The van der Waals surface area contributed by atoms with Crippen molar-refractivity contribution in [3.63, 3.8) is 0 Å². The Balaban J connectivity index is 1.40. The van der Waals surface area contributed by atoms with Crippen molar-refractivity contribution in [3.8, 4) is 11.3 Å². The quantitative estimate of drug-likeness (QED) is 0.193. The molecule has 0 amide bonds. The smallest absolute Gasteiger partial charge is 0.132 e. The Hall–Kier alpha value is -4.67. The molecule has 0 saturated heterocycles. The minimum absolute atomic E-state index is 0.0875. The molecule has 0 bridgehead atoms. The SMILES string of the molecule is Cc1cccc(C)c1-c1ccc2c(n1)sc1c(C3Nc4ccc5ccccc5c4N3c3c(C(C)C)cc(C(C)C)cc3C(C)C)cccc12. The van der Waals surface area contributed by atoms with Crippen molar-refractivity contribution in [1.29, 1.82) is 0 Å². The summed E-state index contributed by atoms with van der Waals surface area (Å²) in [6.07, 6.45) is -0.0875. The monoisotopic (exact) mass is 659 g/mol. The first-order valence-electron chi connectivity index (χ1n) is 17.8. The molecule has 0 radical (unpaired) electrons. The summed E-state index contributed by atoms with van der Waals surface area (Å²) in [5.74, 6) is 1.18. The number of benzene rings is 5. The first kappa shape index (κ1) is 31.6. The average Bonchev–Trinajstić information content (AvgIpc) is 3.66. The number of aromatic nitrogens is 1. The fourth-order valence-corrected chi connectivity index (χ4v) is 9.11. The highest BCUT2D eigenvalue weighted by Gasteiger charge is 2.37. The summed E-state index contributed by atoms with van der Waals surface area (Å²) in [5.41, 5.74) is 14.1. The Morgan fingerprint density at radius 1 is 0.653 bits per heavy atom. The normalized spacial score (nSPS) is 14.6. The minimum Gasteiger partial charge on any atom is -0.359 e. The Bertz CT molecular complexity index is 2350. The second-order valence-electron chi connectivity index (χ2n) is 14.8. The number of fused-ring (bicyclic) bond motifs is 6. The van der Waals surface area contributed by atoms with Crippen LogP contribution in [0.25, 0.3) is 42.3 Å². The molecule has 5 aromatic carbocycles. The van der Waals surface area contributed by atoms with Crippen molar-refractivity contribution in [2.45, 2.75) is 79.3 Å². The lowest BCUT2D eigenvalue weighted by atomic mass is 9.86. The van der Waals surface area contributed by atoms with E-state index in [0.29, 0.717) is 17.8 Å². The number of aryl methyl sites for hydroxylation is 2. The third-order valence-corrected chi connectivity index (χ3v) is 11.6. The Morgan fingerprint density at radius 2 is 1.33 bits per heavy atom. The molecule has 1 atom stereocenters. The van der Waals surface area contributed by atoms with E-state index in [0.717, 1.165) is 10.5 Å². The van der Waals surface area contributed by atoms with E-state index < -0.39 is 0 Å². The topological polar surface area (TPSA) is 28.2 Å². The number of thiophene rings is 1. The molecule has 2 aromatic heterocycles. The van der Waals surface area contributed by atoms with Crippen molar-refractivity contribution in [2.75, 3.05) is 10.2 Å². The van der Waals surface area contributed by atoms with E-state index in [4.69, 9.17) is 4.98 Å². The third-order valence-electron chi connectivity index (χ3n) is 10.5. The fraction of sp³-hybridized carbons (Fsp3) is 0.267. The highest BCUT2D eigenvalue weighted by Crippen LogP contribution is 2.55. The summed E-state index contributed by atoms with van der Waals surface area (Å²) in [6.45, 7) is 18.4. The van der Waals surface area contributed by atoms with Crippen LogP contribution < -0.4 is 10.2 Å². The Morgan fingerprint density at radius 3 is 2.02 bits per heavy atom. The summed E-state index contributed by atoms with van der Waals surface area (Å²) in [6, 6.07) is 36.2. The van der Waals surface area contributed by atoms with Crippen LogP contribution in [0.4, 0.5) is 17.1 Å². The Kier molecular flexibility index (Phi) is 7.76. The highest BCUT2D eigenvalue weighted by atomic mass is 32.1. The molecule has 8 rings (SSSR count). The van der Waals surface area contributed by atoms with Crippen LogP contribution in [-0.4, -0.2) is 4.98 Å². The first-order valence-corrected chi connectivity index (χ1v) is 18.6. The number of pyridine rings is 1. The number of hydrogen-bond acceptors (Lipinski definition) is 4. The molecule has 7 aromatic rings. The van der Waals surface area contributed by atoms with Gasteiger partial charge >= 0.3 is 0 Å². The van der Waals surface area contributed by atoms with Crippen LogP contribution in [0.2, 0.25) is 0 Å². The van der Waals surface area contributed by atoms with E-state index in [2.05, 4.69) is 163 Å². The molecule has 49 heavy (non-hydrogen) atoms. The molecular weight excluding hydrogens is 615 g/mol. The molecule has 4 heteroatoms. The van der Waals surface area contributed by atoms with E-state index >= 15 is 0 Å². The lowest BCUT2D eigenvalue weighted by Crippen LogP contribution is -2.26. The van der Waals surface area contributed by atoms with Crippen LogP contribution in [0.3, 0.4) is 0 Å². The summed E-state index contributed by atoms with van der Waals surface area (Å²) in [5, 5.41) is 9.08. The van der Waals surface area contributed by atoms with Crippen molar-refractivity contribution >= 4 is 59.5 Å². The van der Waals surface area contributed by atoms with Gasteiger partial charge in [0.2, 0.25) is 0 Å². The summed E-state index contributed by atoms with van der Waals surface area (Å²) >= 11 is 1.82. The second kappa shape index (κ2) is 12.0. The van der Waals surface area contributed by atoms with E-state index in [1.54, 1.807) is 0 Å². The molecule has 1 unspecified atom stereocenters. The molecule has 3 nitrogen and oxygen atoms in total. The van der Waals surface area contributed by atoms with Crippen molar-refractivity contribution in [2.24, 2.45) is 0 Å². The van der Waals surface area contributed by atoms with Gasteiger partial charge < -0.3 is 10.2 Å². The summed E-state index contributed by atoms with van der Waals surface area (Å²) in [7, 11) is 0. The van der Waals surface area contributed by atoms with E-state index in [-0.39, 0.29) is 6.17 Å². The highest BCUT2D eigenvalue weighted by molar-refractivity contribution is 7.25. The van der Waals surface area contributed by atoms with Crippen LogP contribution in [-0.2, 0) is 0 Å². The van der Waals surface area contributed by atoms with Gasteiger partial charge in [-0.3, -0.25) is 0 Å². The van der Waals surface area contributed by atoms with E-state index in [1.165, 1.54) is 82.3 Å². The first-order chi connectivity index (χ1) is 23.6. The zero-order valence-corrected chi connectivity index (χ0v) is 30.7. The number of hydrogen-bond donors (Lipinski definition) is 1. The molecule has 1 aliphatic heterocycles. The summed E-state index contributed by atoms with van der Waals surface area (Å²) < 4.78 is 1.29. The van der Waals surface area contributed by atoms with Crippen LogP contribution in [0, 0.1) is 13.8 Å². The molecule has 1 aliphatic rings. The molecule has 0 spiro atoms. The molecule has 3 heterocycles. The maximum absolute atomic E-state index is 5.31. The van der Waals surface area contributed by atoms with Gasteiger partial charge in [0.1, 0.15) is 11.0 Å². The lowest BCUT2D eigenvalue weighted by Gasteiger charge is -2.34. The van der Waals surface area contributed by atoms with Crippen LogP contribution in [0.1, 0.15) is 98.8 Å². The summed E-state index contributed by atoms with van der Waals surface area (Å²) in [4.78, 5) is 9.05. The zero-order chi connectivity index (χ0) is 34.1. The minimum atomic E-state index is -0.0875. The van der Waals surface area contributed by atoms with Crippen molar-refractivity contribution < 1.29 is 0 Å². The standard InChI is InChI=1S/C45H45N3S/c1-25(2)31-23-36(26(3)4)41(37(24-31)27(5)6)48-42-32-16-10-9-15-30(32)19-21-39(42)46-44(48)35-18-12-17-33-34-20-22-38(47-45(34)49-43(33)35)40-28(7)13-11-14-29(40)8/h9-27,44,46H,1-8H3. The van der Waals surface area contributed by atoms with Gasteiger partial charge in [-0.15, -0.1) is 11.3 Å². The molecule has 0 fully saturated rings. The molecule has 246 valence electrons. The van der Waals surface area contributed by atoms with E-state index in [1.807, 2.05) is 11.3 Å². The predicted molar refractivity (Wildman–Crippen MR) is 213 cm³/mol. The van der Waals surface area contributed by atoms with Gasteiger partial charge in [-0.25, -0.2) is 4.98 Å². The van der Waals surface area contributed by atoms with Crippen LogP contribution in [0.15, 0.2) is 97.1 Å². The van der Waals surface area contributed by atoms with Crippen LogP contribution >= 0.6 is 11.3 Å². The van der Waals surface area contributed by atoms with Gasteiger partial charge in [0.25, 0.3) is 0 Å². The van der Waals surface area contributed by atoms with Crippen molar-refractivity contribution in [3.05, 3.63) is 130 Å².